The highest BCUT2D eigenvalue weighted by Crippen LogP contribution is 2.43. The van der Waals surface area contributed by atoms with Crippen LogP contribution in [-0.2, 0) is 37.9 Å². The Morgan fingerprint density at radius 3 is 1.06 bits per heavy atom. The van der Waals surface area contributed by atoms with Gasteiger partial charge in [-0.3, -0.25) is 19.2 Å². The van der Waals surface area contributed by atoms with Crippen molar-refractivity contribution >= 4 is 81.1 Å². The summed E-state index contributed by atoms with van der Waals surface area (Å²) in [6, 6.07) is 53.1. The lowest BCUT2D eigenvalue weighted by atomic mass is 10.2. The molecule has 2 aromatic heterocycles. The molecule has 0 saturated carbocycles. The van der Waals surface area contributed by atoms with Crippen molar-refractivity contribution in [1.29, 1.82) is 0 Å². The number of phenols is 1. The molecule has 4 aliphatic rings. The van der Waals surface area contributed by atoms with E-state index in [-0.39, 0.29) is 51.7 Å². The zero-order valence-electron chi connectivity index (χ0n) is 75.8. The van der Waals surface area contributed by atoms with E-state index < -0.39 is 29.9 Å². The molecule has 0 bridgehead atoms. The molecular formula is C96H132N8O18Si3. The second-order valence-electron chi connectivity index (χ2n) is 36.2. The monoisotopic (exact) mass is 1770 g/mol. The molecule has 26 nitrogen and oxygen atoms in total. The summed E-state index contributed by atoms with van der Waals surface area (Å²) >= 11 is 0. The molecule has 125 heavy (non-hydrogen) atoms. The predicted molar refractivity (Wildman–Crippen MR) is 501 cm³/mol. The molecule has 0 aliphatic carbocycles. The van der Waals surface area contributed by atoms with E-state index in [4.69, 9.17) is 75.9 Å². The zero-order chi connectivity index (χ0) is 89.2. The van der Waals surface area contributed by atoms with E-state index in [1.54, 1.807) is 30.6 Å². The molecule has 4 fully saturated rings. The highest BCUT2D eigenvalue weighted by molar-refractivity contribution is 6.75. The number of hydrogen-bond acceptors (Lipinski definition) is 23. The first kappa shape index (κ1) is 95.9. The number of nitrogens with zero attached hydrogens (tertiary/aromatic N) is 5. The van der Waals surface area contributed by atoms with Gasteiger partial charge in [0.05, 0.1) is 70.9 Å². The molecule has 5 N–H and O–H groups in total. The lowest BCUT2D eigenvalue weighted by Crippen LogP contribution is -2.43. The predicted octanol–water partition coefficient (Wildman–Crippen LogP) is 22.9. The van der Waals surface area contributed by atoms with Crippen molar-refractivity contribution in [2.45, 2.75) is 219 Å². The summed E-state index contributed by atoms with van der Waals surface area (Å²) in [6.07, 6.45) is 16.1. The van der Waals surface area contributed by atoms with Crippen molar-refractivity contribution in [1.82, 2.24) is 19.1 Å². The van der Waals surface area contributed by atoms with Crippen LogP contribution < -0.4 is 48.6 Å². The summed E-state index contributed by atoms with van der Waals surface area (Å²) in [4.78, 5) is 20.3. The van der Waals surface area contributed by atoms with E-state index in [0.717, 1.165) is 176 Å². The van der Waals surface area contributed by atoms with Crippen LogP contribution in [0.3, 0.4) is 0 Å². The first-order valence-electron chi connectivity index (χ1n) is 44.0. The number of anilines is 5. The number of imidazole rings is 2. The lowest BCUT2D eigenvalue weighted by Gasteiger charge is -2.36. The Hall–Kier alpha value is -9.77. The SMILES string of the molecule is CC(C)(C)[Si](C)(C)Oc1ccc(Nc2ccc(OCCOC3CCCCO3)cc2)c(N)c1.CC(C)(C)[Si](C)(C)Oc1ccc(Nc2ccc(OCCOC3CCCCO3)cc2)c([N+](=O)[O-])c1.CC(C)(C)[Si](C)(C)Oc1ccc2c(c1)ncn2-c1ccc(OCCOC2CCCCO2)cc1.Oc1ccc2c(c1)ncn2-c1ccc(OCCOC2CCCCO2)cc1. The number of ether oxygens (including phenoxy) is 12. The number of fused-ring (bicyclic) bond motifs is 2. The second-order valence-corrected chi connectivity index (χ2v) is 50.3. The van der Waals surface area contributed by atoms with Crippen molar-refractivity contribution in [2.75, 3.05) is 95.6 Å². The average molecular weight is 1770 g/mol. The number of nitro benzene ring substituents is 1. The van der Waals surface area contributed by atoms with Crippen LogP contribution in [0.25, 0.3) is 33.4 Å². The third-order valence-electron chi connectivity index (χ3n) is 23.4. The highest BCUT2D eigenvalue weighted by Gasteiger charge is 2.41. The number of hydrogen-bond donors (Lipinski definition) is 4. The van der Waals surface area contributed by atoms with E-state index >= 15 is 0 Å². The Labute approximate surface area is 740 Å². The molecule has 6 heterocycles. The third-order valence-corrected chi connectivity index (χ3v) is 36.5. The van der Waals surface area contributed by atoms with Crippen molar-refractivity contribution in [3.63, 3.8) is 0 Å². The molecule has 10 aromatic rings. The van der Waals surface area contributed by atoms with E-state index in [1.165, 1.54) is 12.5 Å². The van der Waals surface area contributed by atoms with Crippen molar-refractivity contribution in [3.8, 4) is 57.4 Å². The Morgan fingerprint density at radius 1 is 0.408 bits per heavy atom. The van der Waals surface area contributed by atoms with Crippen LogP contribution in [0.2, 0.25) is 54.4 Å². The molecule has 29 heteroatoms. The Kier molecular flexibility index (Phi) is 34.6. The van der Waals surface area contributed by atoms with Gasteiger partial charge in [-0.15, -0.1) is 0 Å². The highest BCUT2D eigenvalue weighted by atomic mass is 28.4. The molecule has 14 rings (SSSR count). The van der Waals surface area contributed by atoms with Gasteiger partial charge in [-0.1, -0.05) is 62.3 Å². The Balaban J connectivity index is 0.000000163. The lowest BCUT2D eigenvalue weighted by molar-refractivity contribution is -0.384. The second kappa shape index (κ2) is 45.1. The number of nitrogen functional groups attached to an aromatic ring is 1. The maximum Gasteiger partial charge on any atom is 0.296 e. The van der Waals surface area contributed by atoms with E-state index in [1.807, 2.05) is 138 Å². The first-order chi connectivity index (χ1) is 59.7. The van der Waals surface area contributed by atoms with E-state index in [9.17, 15) is 15.2 Å². The molecule has 4 saturated heterocycles. The normalized spacial score (nSPS) is 17.1. The van der Waals surface area contributed by atoms with Gasteiger partial charge in [0.25, 0.3) is 5.69 Å². The van der Waals surface area contributed by atoms with Crippen molar-refractivity contribution < 1.29 is 80.2 Å². The van der Waals surface area contributed by atoms with Gasteiger partial charge in [-0.25, -0.2) is 9.97 Å². The van der Waals surface area contributed by atoms with Crippen LogP contribution in [0.5, 0.6) is 46.0 Å². The van der Waals surface area contributed by atoms with Gasteiger partial charge in [0.15, 0.2) is 25.2 Å². The number of nitro groups is 1. The number of benzene rings is 8. The van der Waals surface area contributed by atoms with Gasteiger partial charge in [-0.2, -0.15) is 0 Å². The number of aromatic hydroxyl groups is 1. The number of nitrogens with two attached hydrogens (primary N) is 1. The Bertz CT molecular complexity index is 4950. The fourth-order valence-corrected chi connectivity index (χ4v) is 16.1. The van der Waals surface area contributed by atoms with Crippen molar-refractivity contribution in [2.24, 2.45) is 0 Å². The van der Waals surface area contributed by atoms with E-state index in [2.05, 4.69) is 139 Å². The molecule has 0 amide bonds. The summed E-state index contributed by atoms with van der Waals surface area (Å²) in [7, 11) is -5.88. The van der Waals surface area contributed by atoms with Crippen LogP contribution in [0, 0.1) is 10.1 Å². The van der Waals surface area contributed by atoms with Gasteiger partial charge in [0.1, 0.15) is 90.8 Å². The third kappa shape index (κ3) is 29.1. The molecule has 0 spiro atoms. The van der Waals surface area contributed by atoms with Crippen LogP contribution in [0.4, 0.5) is 34.1 Å². The van der Waals surface area contributed by atoms with Crippen molar-refractivity contribution in [3.05, 3.63) is 193 Å². The standard InChI is InChI=1S/C26H36N2O4Si.C25H36N2O6Si.C25H38N2O4Si.C20H22N2O4/c1-26(2,3)33(4,5)32-22-13-14-24-23(18-22)27-19-28(24)20-9-11-21(12-10-20)29-16-17-31-25-8-6-7-15-30-25;1-25(2,3)34(4,5)33-21-13-14-22(23(18-21)27(28)29)26-19-9-11-20(12-10-19)30-16-17-32-24-8-6-7-15-31-24;1-25(2,3)32(4,5)31-21-13-14-23(22(26)18-21)27-19-9-11-20(12-10-19)28-16-17-30-24-8-6-7-15-29-24;23-16-6-9-19-18(13-16)21-14-22(19)15-4-7-17(8-5-15)24-11-12-26-20-3-1-2-10-25-20/h9-14,18-19,25H,6-8,15-17H2,1-5H3;9-14,18,24,26H,6-8,15-17H2,1-5H3;9-14,18,24,27H,6-8,15-17,26H2,1-5H3;4-9,13-14,20,23H,1-3,10-12H2. The van der Waals surface area contributed by atoms with Crippen LogP contribution in [-0.4, -0.2) is 159 Å². The zero-order valence-corrected chi connectivity index (χ0v) is 78.8. The molecule has 8 aromatic carbocycles. The summed E-state index contributed by atoms with van der Waals surface area (Å²) in [5.74, 6) is 5.57. The average Bonchev–Trinajstić information content (AvgIpc) is 1.68. The number of rotatable bonds is 33. The maximum atomic E-state index is 11.7. The van der Waals surface area contributed by atoms with Gasteiger partial charge in [0.2, 0.25) is 25.0 Å². The van der Waals surface area contributed by atoms with Gasteiger partial charge in [-0.05, 0) is 277 Å². The number of aromatic nitrogens is 4. The van der Waals surface area contributed by atoms with E-state index in [0.29, 0.717) is 75.7 Å². The molecular weight excluding hydrogens is 1640 g/mol. The molecule has 4 unspecified atom stereocenters. The fraction of sp³-hybridized carbons (Fsp3) is 0.479. The number of phenolic OH excluding ortho intramolecular Hbond substituents is 1. The van der Waals surface area contributed by atoms with Crippen LogP contribution in [0.15, 0.2) is 183 Å². The Morgan fingerprint density at radius 2 is 0.720 bits per heavy atom. The van der Waals surface area contributed by atoms with Gasteiger partial charge in [0, 0.05) is 67.4 Å². The number of nitrogens with one attached hydrogen (secondary N) is 2. The molecule has 4 aliphatic heterocycles. The minimum Gasteiger partial charge on any atom is -0.543 e. The summed E-state index contributed by atoms with van der Waals surface area (Å²) in [6.45, 7) is 40.1. The topological polar surface area (TPSA) is 288 Å². The summed E-state index contributed by atoms with van der Waals surface area (Å²) in [5, 5.41) is 28.1. The van der Waals surface area contributed by atoms with Crippen LogP contribution >= 0.6 is 0 Å². The smallest absolute Gasteiger partial charge is 0.296 e. The minimum atomic E-state index is -2.10. The molecule has 4 atom stereocenters. The summed E-state index contributed by atoms with van der Waals surface area (Å²) < 4.78 is 91.1. The van der Waals surface area contributed by atoms with Gasteiger partial charge >= 0.3 is 0 Å². The quantitative estimate of drug-likeness (QED) is 0.00977. The molecule has 676 valence electrons. The van der Waals surface area contributed by atoms with Crippen LogP contribution in [0.1, 0.15) is 139 Å². The first-order valence-corrected chi connectivity index (χ1v) is 52.7. The maximum absolute atomic E-state index is 11.7. The van der Waals surface area contributed by atoms with Gasteiger partial charge < -0.3 is 91.6 Å². The summed E-state index contributed by atoms with van der Waals surface area (Å²) in [5.41, 5.74) is 15.5. The fourth-order valence-electron chi connectivity index (χ4n) is 13.1. The minimum absolute atomic E-state index is 0.00169. The molecule has 0 radical (unpaired) electrons. The largest absolute Gasteiger partial charge is 0.543 e.